The number of alkyl halides is 3. The lowest BCUT2D eigenvalue weighted by Crippen LogP contribution is -2.40. The van der Waals surface area contributed by atoms with Crippen LogP contribution in [-0.4, -0.2) is 56.3 Å². The van der Waals surface area contributed by atoms with Crippen molar-refractivity contribution in [2.24, 2.45) is 5.41 Å². The maximum absolute atomic E-state index is 15.8. The van der Waals surface area contributed by atoms with Crippen LogP contribution >= 0.6 is 0 Å². The maximum Gasteiger partial charge on any atom is 0.534 e. The molecule has 0 amide bonds. The highest BCUT2D eigenvalue weighted by Gasteiger charge is 2.50. The number of aryl methyl sites for hydroxylation is 1. The molecule has 9 nitrogen and oxygen atoms in total. The normalized spacial score (nSPS) is 15.8. The van der Waals surface area contributed by atoms with Crippen LogP contribution in [0.25, 0.3) is 11.1 Å². The zero-order valence-electron chi connectivity index (χ0n) is 30.5. The second kappa shape index (κ2) is 15.6. The number of ether oxygens (including phenoxy) is 3. The van der Waals surface area contributed by atoms with Crippen molar-refractivity contribution >= 4 is 21.8 Å². The summed E-state index contributed by atoms with van der Waals surface area (Å²) in [4.78, 5) is 19.8. The number of hydrogen-bond donors (Lipinski definition) is 0. The summed E-state index contributed by atoms with van der Waals surface area (Å²) in [6.07, 6.45) is -0.515. The van der Waals surface area contributed by atoms with Gasteiger partial charge in [-0.05, 0) is 95.2 Å². The Morgan fingerprint density at radius 1 is 1.00 bits per heavy atom. The molecule has 1 fully saturated rings. The molecule has 0 spiro atoms. The molecule has 15 heteroatoms. The molecule has 2 aromatic carbocycles. The molecule has 1 aliphatic heterocycles. The molecule has 1 saturated heterocycles. The Morgan fingerprint density at radius 3 is 2.15 bits per heavy atom. The second-order valence-corrected chi connectivity index (χ2v) is 16.3. The Labute approximate surface area is 301 Å². The van der Waals surface area contributed by atoms with Gasteiger partial charge >= 0.3 is 21.6 Å². The molecule has 4 rings (SSSR count). The Balaban J connectivity index is 1.97. The number of aromatic nitrogens is 1. The summed E-state index contributed by atoms with van der Waals surface area (Å²) in [5, 5.41) is 0. The molecule has 0 saturated carbocycles. The van der Waals surface area contributed by atoms with E-state index in [-0.39, 0.29) is 45.8 Å². The monoisotopic (exact) mass is 756 g/mol. The molecule has 2 heterocycles. The molecule has 0 N–H and O–H groups in total. The van der Waals surface area contributed by atoms with Crippen molar-refractivity contribution in [2.75, 3.05) is 24.6 Å². The van der Waals surface area contributed by atoms with Crippen LogP contribution in [0.2, 0.25) is 0 Å². The summed E-state index contributed by atoms with van der Waals surface area (Å²) in [5.74, 6) is -3.31. The molecule has 0 aliphatic carbocycles. The summed E-state index contributed by atoms with van der Waals surface area (Å²) < 4.78 is 118. The number of rotatable bonds is 12. The standard InChI is InChI=1S/C37H45F5N2O7S/c1-22(2)49-34(45)32(50-35(4,5)6)29-23(3)43-33(51-52(46,47)37(40,41)42)30(31(29)44-18-16-36(7,8)17-19-44)25-11-14-28(27(39)21-25)48-20-15-24-9-12-26(38)13-10-24/h9-14,21-22,32H,15-20H2,1-8H3. The summed E-state index contributed by atoms with van der Waals surface area (Å²) in [5.41, 5.74) is -6.42. The third kappa shape index (κ3) is 10.1. The first-order valence-electron chi connectivity index (χ1n) is 16.8. The van der Waals surface area contributed by atoms with Gasteiger partial charge in [-0.25, -0.2) is 18.6 Å². The lowest BCUT2D eigenvalue weighted by molar-refractivity contribution is -0.171. The van der Waals surface area contributed by atoms with Gasteiger partial charge in [-0.2, -0.15) is 21.6 Å². The minimum atomic E-state index is -6.26. The quantitative estimate of drug-likeness (QED) is 0.0778. The number of nitrogens with zero attached hydrogens (tertiary/aromatic N) is 2. The number of halogens is 5. The number of carbonyl (C=O) groups excluding carboxylic acids is 1. The van der Waals surface area contributed by atoms with Gasteiger partial charge < -0.3 is 23.3 Å². The maximum atomic E-state index is 15.8. The topological polar surface area (TPSA) is 104 Å². The van der Waals surface area contributed by atoms with E-state index in [0.717, 1.165) is 11.6 Å². The van der Waals surface area contributed by atoms with E-state index in [4.69, 9.17) is 18.4 Å². The van der Waals surface area contributed by atoms with E-state index < -0.39 is 56.9 Å². The predicted molar refractivity (Wildman–Crippen MR) is 186 cm³/mol. The zero-order chi connectivity index (χ0) is 38.8. The molecule has 286 valence electrons. The smallest absolute Gasteiger partial charge is 0.490 e. The molecule has 1 unspecified atom stereocenters. The first-order chi connectivity index (χ1) is 24.0. The molecule has 0 radical (unpaired) electrons. The molecule has 0 bridgehead atoms. The van der Waals surface area contributed by atoms with E-state index >= 15 is 4.39 Å². The van der Waals surface area contributed by atoms with Crippen molar-refractivity contribution in [3.8, 4) is 22.8 Å². The number of esters is 1. The van der Waals surface area contributed by atoms with Gasteiger partial charge in [0.1, 0.15) is 5.82 Å². The molecular formula is C37H45F5N2O7S. The molecular weight excluding hydrogens is 711 g/mol. The van der Waals surface area contributed by atoms with Crippen LogP contribution in [0, 0.1) is 24.0 Å². The third-order valence-corrected chi connectivity index (χ3v) is 9.30. The second-order valence-electron chi connectivity index (χ2n) is 14.7. The van der Waals surface area contributed by atoms with E-state index in [1.165, 1.54) is 31.2 Å². The Bertz CT molecular complexity index is 1850. The average Bonchev–Trinajstić information content (AvgIpc) is 3.00. The van der Waals surface area contributed by atoms with E-state index in [9.17, 15) is 30.8 Å². The summed E-state index contributed by atoms with van der Waals surface area (Å²) in [6, 6.07) is 9.25. The van der Waals surface area contributed by atoms with Gasteiger partial charge in [0, 0.05) is 30.8 Å². The first-order valence-corrected chi connectivity index (χ1v) is 18.2. The fraction of sp³-hybridized carbons (Fsp3) is 0.514. The number of hydrogen-bond acceptors (Lipinski definition) is 9. The van der Waals surface area contributed by atoms with Crippen molar-refractivity contribution in [1.82, 2.24) is 4.98 Å². The lowest BCUT2D eigenvalue weighted by atomic mass is 9.82. The van der Waals surface area contributed by atoms with Gasteiger partial charge in [-0.1, -0.05) is 32.0 Å². The highest BCUT2D eigenvalue weighted by atomic mass is 32.2. The number of pyridine rings is 1. The fourth-order valence-electron chi connectivity index (χ4n) is 5.70. The van der Waals surface area contributed by atoms with E-state index in [2.05, 4.69) is 18.8 Å². The van der Waals surface area contributed by atoms with Crippen LogP contribution in [0.3, 0.4) is 0 Å². The van der Waals surface area contributed by atoms with Gasteiger partial charge in [0.25, 0.3) is 0 Å². The highest BCUT2D eigenvalue weighted by molar-refractivity contribution is 7.88. The highest BCUT2D eigenvalue weighted by Crippen LogP contribution is 2.48. The van der Waals surface area contributed by atoms with Crippen molar-refractivity contribution in [1.29, 1.82) is 0 Å². The van der Waals surface area contributed by atoms with Crippen LogP contribution in [0.1, 0.15) is 84.2 Å². The molecule has 3 aromatic rings. The van der Waals surface area contributed by atoms with Crippen LogP contribution in [0.4, 0.5) is 27.6 Å². The summed E-state index contributed by atoms with van der Waals surface area (Å²) in [6.45, 7) is 14.6. The number of piperidine rings is 1. The SMILES string of the molecule is Cc1nc(OS(=O)(=O)C(F)(F)F)c(-c2ccc(OCCc3ccc(F)cc3)c(F)c2)c(N2CCC(C)(C)CC2)c1C(OC(C)(C)C)C(=O)OC(C)C. The van der Waals surface area contributed by atoms with Crippen LogP contribution < -0.4 is 13.8 Å². The fourth-order valence-corrected chi connectivity index (χ4v) is 6.12. The van der Waals surface area contributed by atoms with Gasteiger partial charge in [0.2, 0.25) is 5.88 Å². The van der Waals surface area contributed by atoms with E-state index in [1.807, 2.05) is 0 Å². The predicted octanol–water partition coefficient (Wildman–Crippen LogP) is 8.62. The van der Waals surface area contributed by atoms with Gasteiger partial charge in [-0.3, -0.25) is 0 Å². The Morgan fingerprint density at radius 2 is 1.62 bits per heavy atom. The lowest BCUT2D eigenvalue weighted by Gasteiger charge is -2.41. The van der Waals surface area contributed by atoms with Crippen LogP contribution in [-0.2, 0) is 30.8 Å². The minimum absolute atomic E-state index is 0.00885. The summed E-state index contributed by atoms with van der Waals surface area (Å²) in [7, 11) is -6.26. The number of anilines is 1. The van der Waals surface area contributed by atoms with Crippen molar-refractivity contribution < 1.29 is 53.6 Å². The largest absolute Gasteiger partial charge is 0.534 e. The Hall–Kier alpha value is -3.98. The van der Waals surface area contributed by atoms with Crippen LogP contribution in [0.5, 0.6) is 11.6 Å². The average molecular weight is 757 g/mol. The molecule has 52 heavy (non-hydrogen) atoms. The number of benzene rings is 2. The van der Waals surface area contributed by atoms with Crippen molar-refractivity contribution in [3.63, 3.8) is 0 Å². The first kappa shape index (κ1) is 40.8. The zero-order valence-corrected chi connectivity index (χ0v) is 31.3. The van der Waals surface area contributed by atoms with Crippen molar-refractivity contribution in [3.05, 3.63) is 70.9 Å². The molecule has 1 atom stereocenters. The molecule has 1 aliphatic rings. The van der Waals surface area contributed by atoms with Gasteiger partial charge in [-0.15, -0.1) is 0 Å². The van der Waals surface area contributed by atoms with Crippen molar-refractivity contribution in [2.45, 2.75) is 98.0 Å². The van der Waals surface area contributed by atoms with Gasteiger partial charge in [0.15, 0.2) is 17.7 Å². The molecule has 1 aromatic heterocycles. The number of carbonyl (C=O) groups is 1. The Kier molecular flexibility index (Phi) is 12.2. The third-order valence-electron chi connectivity index (χ3n) is 8.35. The van der Waals surface area contributed by atoms with Crippen LogP contribution in [0.15, 0.2) is 42.5 Å². The van der Waals surface area contributed by atoms with Gasteiger partial charge in [0.05, 0.1) is 29.6 Å². The summed E-state index contributed by atoms with van der Waals surface area (Å²) >= 11 is 0. The minimum Gasteiger partial charge on any atom is -0.490 e. The van der Waals surface area contributed by atoms with E-state index in [0.29, 0.717) is 32.4 Å². The van der Waals surface area contributed by atoms with E-state index in [1.54, 1.807) is 51.7 Å².